The Hall–Kier alpha value is -0.820. The summed E-state index contributed by atoms with van der Waals surface area (Å²) in [5.41, 5.74) is 1.44. The van der Waals surface area contributed by atoms with Gasteiger partial charge in [0.2, 0.25) is 0 Å². The van der Waals surface area contributed by atoms with Gasteiger partial charge >= 0.3 is 0 Å². The van der Waals surface area contributed by atoms with Crippen molar-refractivity contribution in [3.05, 3.63) is 35.9 Å². The normalized spacial score (nSPS) is 15.6. The fourth-order valence-electron chi connectivity index (χ4n) is 3.34. The monoisotopic (exact) mass is 473 g/mol. The molecule has 0 atom stereocenters. The Kier molecular flexibility index (Phi) is 12.7. The summed E-state index contributed by atoms with van der Waals surface area (Å²) in [4.78, 5) is 7.24. The number of likely N-dealkylation sites (tertiary alicyclic amines) is 1. The van der Waals surface area contributed by atoms with E-state index in [1.54, 1.807) is 0 Å². The Balaban J connectivity index is 0.00000338. The molecule has 1 aromatic rings. The molecule has 2 rings (SSSR count). The highest BCUT2D eigenvalue weighted by atomic mass is 127. The van der Waals surface area contributed by atoms with Crippen LogP contribution in [0.15, 0.2) is 35.3 Å². The molecule has 1 fully saturated rings. The molecule has 1 aliphatic heterocycles. The van der Waals surface area contributed by atoms with Crippen LogP contribution in [0.5, 0.6) is 0 Å². The molecule has 1 aromatic carbocycles. The zero-order valence-electron chi connectivity index (χ0n) is 16.5. The molecule has 0 saturated carbocycles. The topological polar surface area (TPSA) is 36.9 Å². The molecule has 1 aliphatic rings. The molecule has 0 bridgehead atoms. The number of hydrogen-bond acceptors (Lipinski definition) is 2. The molecule has 1 N–H and O–H groups in total. The van der Waals surface area contributed by atoms with Gasteiger partial charge in [-0.1, -0.05) is 36.8 Å². The highest BCUT2D eigenvalue weighted by Crippen LogP contribution is 2.14. The average Bonchev–Trinajstić information content (AvgIpc) is 2.65. The van der Waals surface area contributed by atoms with Crippen LogP contribution in [-0.4, -0.2) is 49.7 Å². The van der Waals surface area contributed by atoms with Gasteiger partial charge in [-0.3, -0.25) is 4.99 Å². The van der Waals surface area contributed by atoms with Crippen molar-refractivity contribution in [2.75, 3.05) is 32.8 Å². The standard InChI is InChI=1S/C21H35N3O.HI/c1-3-22-21(24-17-14-20(15-18-24)25-4-2)23-16-10-6-9-13-19-11-7-5-8-12-19;/h5,7-8,11-12,20H,3-4,6,9-10,13-18H2,1-2H3,(H,22,23);1H. The zero-order chi connectivity index (χ0) is 17.7. The lowest BCUT2D eigenvalue weighted by atomic mass is 10.1. The Bertz CT molecular complexity index is 487. The molecule has 0 radical (unpaired) electrons. The Morgan fingerprint density at radius 2 is 1.85 bits per heavy atom. The summed E-state index contributed by atoms with van der Waals surface area (Å²) in [6, 6.07) is 10.8. The maximum absolute atomic E-state index is 5.75. The van der Waals surface area contributed by atoms with Gasteiger partial charge in [-0.25, -0.2) is 0 Å². The number of unbranched alkanes of at least 4 members (excludes halogenated alkanes) is 2. The molecule has 0 spiro atoms. The van der Waals surface area contributed by atoms with Crippen molar-refractivity contribution >= 4 is 29.9 Å². The number of rotatable bonds is 9. The minimum atomic E-state index is 0. The van der Waals surface area contributed by atoms with E-state index in [1.165, 1.54) is 24.8 Å². The Labute approximate surface area is 176 Å². The summed E-state index contributed by atoms with van der Waals surface area (Å²) in [5, 5.41) is 3.45. The zero-order valence-corrected chi connectivity index (χ0v) is 18.8. The van der Waals surface area contributed by atoms with Gasteiger partial charge in [0.25, 0.3) is 0 Å². The molecule has 26 heavy (non-hydrogen) atoms. The fourth-order valence-corrected chi connectivity index (χ4v) is 3.34. The van der Waals surface area contributed by atoms with E-state index in [4.69, 9.17) is 9.73 Å². The third kappa shape index (κ3) is 8.71. The lowest BCUT2D eigenvalue weighted by molar-refractivity contribution is 0.0264. The summed E-state index contributed by atoms with van der Waals surface area (Å²) in [5.74, 6) is 1.08. The van der Waals surface area contributed by atoms with E-state index in [0.717, 1.165) is 58.0 Å². The highest BCUT2D eigenvalue weighted by molar-refractivity contribution is 14.0. The van der Waals surface area contributed by atoms with Gasteiger partial charge in [0.15, 0.2) is 5.96 Å². The first-order valence-electron chi connectivity index (χ1n) is 10.0. The first kappa shape index (κ1) is 23.2. The van der Waals surface area contributed by atoms with Crippen LogP contribution in [0.4, 0.5) is 0 Å². The first-order valence-corrected chi connectivity index (χ1v) is 10.0. The van der Waals surface area contributed by atoms with Gasteiger partial charge in [0.05, 0.1) is 6.10 Å². The fraction of sp³-hybridized carbons (Fsp3) is 0.667. The van der Waals surface area contributed by atoms with Crippen LogP contribution in [0.25, 0.3) is 0 Å². The summed E-state index contributed by atoms with van der Waals surface area (Å²) >= 11 is 0. The molecule has 0 unspecified atom stereocenters. The number of nitrogens with one attached hydrogen (secondary N) is 1. The third-order valence-corrected chi connectivity index (χ3v) is 4.71. The van der Waals surface area contributed by atoms with Gasteiger partial charge in [0, 0.05) is 32.8 Å². The number of benzene rings is 1. The number of aliphatic imine (C=N–C) groups is 1. The van der Waals surface area contributed by atoms with Crippen molar-refractivity contribution < 1.29 is 4.74 Å². The van der Waals surface area contributed by atoms with Crippen molar-refractivity contribution in [3.63, 3.8) is 0 Å². The quantitative estimate of drug-likeness (QED) is 0.249. The Morgan fingerprint density at radius 1 is 1.12 bits per heavy atom. The van der Waals surface area contributed by atoms with Gasteiger partial charge < -0.3 is 15.0 Å². The van der Waals surface area contributed by atoms with Crippen LogP contribution in [0.2, 0.25) is 0 Å². The van der Waals surface area contributed by atoms with Crippen molar-refractivity contribution in [3.8, 4) is 0 Å². The van der Waals surface area contributed by atoms with E-state index in [2.05, 4.69) is 54.4 Å². The highest BCUT2D eigenvalue weighted by Gasteiger charge is 2.21. The van der Waals surface area contributed by atoms with Gasteiger partial charge in [-0.05, 0) is 51.5 Å². The van der Waals surface area contributed by atoms with E-state index in [0.29, 0.717) is 6.10 Å². The molecular formula is C21H36IN3O. The summed E-state index contributed by atoms with van der Waals surface area (Å²) < 4.78 is 5.75. The van der Waals surface area contributed by atoms with Crippen LogP contribution in [0, 0.1) is 0 Å². The van der Waals surface area contributed by atoms with Gasteiger partial charge in [0.1, 0.15) is 0 Å². The van der Waals surface area contributed by atoms with Crippen LogP contribution < -0.4 is 5.32 Å². The molecular weight excluding hydrogens is 437 g/mol. The summed E-state index contributed by atoms with van der Waals surface area (Å²) in [7, 11) is 0. The number of nitrogens with zero attached hydrogens (tertiary/aromatic N) is 2. The number of piperidine rings is 1. The first-order chi connectivity index (χ1) is 12.3. The molecule has 1 saturated heterocycles. The van der Waals surface area contributed by atoms with Gasteiger partial charge in [-0.15, -0.1) is 24.0 Å². The molecule has 1 heterocycles. The van der Waals surface area contributed by atoms with Crippen molar-refractivity contribution in [2.45, 2.75) is 58.5 Å². The molecule has 0 amide bonds. The number of hydrogen-bond donors (Lipinski definition) is 1. The number of guanidine groups is 1. The smallest absolute Gasteiger partial charge is 0.193 e. The van der Waals surface area contributed by atoms with E-state index in [-0.39, 0.29) is 24.0 Å². The van der Waals surface area contributed by atoms with E-state index < -0.39 is 0 Å². The van der Waals surface area contributed by atoms with Crippen LogP contribution in [0.3, 0.4) is 0 Å². The molecule has 148 valence electrons. The lowest BCUT2D eigenvalue weighted by Gasteiger charge is -2.34. The lowest BCUT2D eigenvalue weighted by Crippen LogP contribution is -2.47. The molecule has 4 nitrogen and oxygen atoms in total. The molecule has 5 heteroatoms. The average molecular weight is 473 g/mol. The van der Waals surface area contributed by atoms with Gasteiger partial charge in [-0.2, -0.15) is 0 Å². The van der Waals surface area contributed by atoms with E-state index in [9.17, 15) is 0 Å². The second-order valence-corrected chi connectivity index (χ2v) is 6.67. The predicted molar refractivity (Wildman–Crippen MR) is 122 cm³/mol. The number of halogens is 1. The maximum Gasteiger partial charge on any atom is 0.193 e. The molecule has 0 aromatic heterocycles. The van der Waals surface area contributed by atoms with Crippen LogP contribution >= 0.6 is 24.0 Å². The second-order valence-electron chi connectivity index (χ2n) is 6.67. The summed E-state index contributed by atoms with van der Waals surface area (Å²) in [6.45, 7) is 8.98. The Morgan fingerprint density at radius 3 is 2.50 bits per heavy atom. The van der Waals surface area contributed by atoms with Crippen molar-refractivity contribution in [1.82, 2.24) is 10.2 Å². The second kappa shape index (κ2) is 14.3. The minimum Gasteiger partial charge on any atom is -0.378 e. The van der Waals surface area contributed by atoms with Crippen molar-refractivity contribution in [2.24, 2.45) is 4.99 Å². The minimum absolute atomic E-state index is 0. The van der Waals surface area contributed by atoms with Crippen molar-refractivity contribution in [1.29, 1.82) is 0 Å². The molecule has 0 aliphatic carbocycles. The van der Waals surface area contributed by atoms with Crippen LogP contribution in [-0.2, 0) is 11.2 Å². The number of ether oxygens (including phenoxy) is 1. The maximum atomic E-state index is 5.75. The van der Waals surface area contributed by atoms with E-state index >= 15 is 0 Å². The van der Waals surface area contributed by atoms with E-state index in [1.807, 2.05) is 0 Å². The van der Waals surface area contributed by atoms with Crippen LogP contribution in [0.1, 0.15) is 51.5 Å². The number of aryl methyl sites for hydroxylation is 1. The third-order valence-electron chi connectivity index (χ3n) is 4.71. The SMILES string of the molecule is CCNC(=NCCCCCc1ccccc1)N1CCC(OCC)CC1.I. The summed E-state index contributed by atoms with van der Waals surface area (Å²) in [6.07, 6.45) is 7.47. The largest absolute Gasteiger partial charge is 0.378 e. The predicted octanol–water partition coefficient (Wildman–Crippen LogP) is 4.48.